The lowest BCUT2D eigenvalue weighted by atomic mass is 9.99. The molecule has 5 nitrogen and oxygen atoms in total. The smallest absolute Gasteiger partial charge is 0.147 e. The number of thiophene rings is 1. The second-order valence-corrected chi connectivity index (χ2v) is 11.9. The van der Waals surface area contributed by atoms with Crippen LogP contribution in [0.25, 0.3) is 77.3 Å². The van der Waals surface area contributed by atoms with Crippen molar-refractivity contribution in [3.05, 3.63) is 151 Å². The number of pyridine rings is 2. The van der Waals surface area contributed by atoms with Crippen molar-refractivity contribution in [2.45, 2.75) is 0 Å². The number of aromatic nitrogens is 5. The van der Waals surface area contributed by atoms with Crippen molar-refractivity contribution in [3.8, 4) is 44.5 Å². The van der Waals surface area contributed by atoms with Crippen molar-refractivity contribution in [2.24, 2.45) is 0 Å². The van der Waals surface area contributed by atoms with Crippen molar-refractivity contribution < 1.29 is 0 Å². The molecule has 5 aromatic heterocycles. The third kappa shape index (κ3) is 4.11. The van der Waals surface area contributed by atoms with E-state index in [1.165, 1.54) is 10.4 Å². The van der Waals surface area contributed by atoms with Gasteiger partial charge in [0.2, 0.25) is 0 Å². The predicted molar refractivity (Wildman–Crippen MR) is 185 cm³/mol. The van der Waals surface area contributed by atoms with Crippen LogP contribution in [0.15, 0.2) is 151 Å². The molecule has 0 spiro atoms. The van der Waals surface area contributed by atoms with Gasteiger partial charge in [-0.15, -0.1) is 11.3 Å². The molecule has 45 heavy (non-hydrogen) atoms. The van der Waals surface area contributed by atoms with Gasteiger partial charge in [0.25, 0.3) is 0 Å². The van der Waals surface area contributed by atoms with Gasteiger partial charge in [-0.05, 0) is 71.1 Å². The minimum absolute atomic E-state index is 0.817. The zero-order chi connectivity index (χ0) is 29.7. The van der Waals surface area contributed by atoms with Gasteiger partial charge >= 0.3 is 0 Å². The van der Waals surface area contributed by atoms with Crippen LogP contribution in [-0.4, -0.2) is 24.1 Å². The summed E-state index contributed by atoms with van der Waals surface area (Å²) >= 11 is 1.76. The van der Waals surface area contributed by atoms with Crippen molar-refractivity contribution in [1.82, 2.24) is 24.1 Å². The number of fused-ring (bicyclic) bond motifs is 5. The van der Waals surface area contributed by atoms with Crippen LogP contribution in [0.3, 0.4) is 0 Å². The van der Waals surface area contributed by atoms with E-state index in [0.29, 0.717) is 0 Å². The van der Waals surface area contributed by atoms with Crippen LogP contribution in [0.5, 0.6) is 0 Å². The first-order chi connectivity index (χ1) is 22.3. The van der Waals surface area contributed by atoms with Crippen LogP contribution < -0.4 is 0 Å². The fourth-order valence-electron chi connectivity index (χ4n) is 6.42. The number of hydrogen-bond donors (Lipinski definition) is 0. The molecule has 0 radical (unpaired) electrons. The molecule has 0 aliphatic carbocycles. The molecule has 0 atom stereocenters. The van der Waals surface area contributed by atoms with E-state index in [1.807, 2.05) is 48.9 Å². The average Bonchev–Trinajstić information content (AvgIpc) is 3.86. The normalized spacial score (nSPS) is 11.6. The summed E-state index contributed by atoms with van der Waals surface area (Å²) in [7, 11) is 0. The highest BCUT2D eigenvalue weighted by molar-refractivity contribution is 7.13. The second kappa shape index (κ2) is 10.4. The molecule has 212 valence electrons. The van der Waals surface area contributed by atoms with Crippen molar-refractivity contribution in [1.29, 1.82) is 0 Å². The molecule has 6 heteroatoms. The van der Waals surface area contributed by atoms with Crippen LogP contribution in [0.1, 0.15) is 0 Å². The third-order valence-corrected chi connectivity index (χ3v) is 9.31. The van der Waals surface area contributed by atoms with Crippen LogP contribution in [0.2, 0.25) is 0 Å². The maximum atomic E-state index is 5.41. The SMILES string of the molecule is c1ccc(-n2c3ccccc3c3c4nc(-c5ccncc5)n(-c5ccccn5)c4cc(-c4ccc(-c5cccs5)cc4)c32)cc1. The van der Waals surface area contributed by atoms with Gasteiger partial charge < -0.3 is 4.57 Å². The molecule has 0 amide bonds. The number of benzene rings is 4. The van der Waals surface area contributed by atoms with Gasteiger partial charge in [-0.3, -0.25) is 9.55 Å². The lowest BCUT2D eigenvalue weighted by Gasteiger charge is -2.14. The Labute approximate surface area is 263 Å². The van der Waals surface area contributed by atoms with E-state index in [4.69, 9.17) is 9.97 Å². The first kappa shape index (κ1) is 25.6. The third-order valence-electron chi connectivity index (χ3n) is 8.39. The summed E-state index contributed by atoms with van der Waals surface area (Å²) < 4.78 is 4.57. The minimum atomic E-state index is 0.817. The Balaban J connectivity index is 1.46. The molecule has 0 bridgehead atoms. The molecule has 9 rings (SSSR count). The molecule has 0 aliphatic rings. The fraction of sp³-hybridized carbons (Fsp3) is 0. The van der Waals surface area contributed by atoms with E-state index < -0.39 is 0 Å². The zero-order valence-electron chi connectivity index (χ0n) is 24.1. The highest BCUT2D eigenvalue weighted by Gasteiger charge is 2.24. The summed E-state index contributed by atoms with van der Waals surface area (Å²) in [6, 6.07) is 44.8. The van der Waals surface area contributed by atoms with Gasteiger partial charge in [0.05, 0.1) is 22.1 Å². The van der Waals surface area contributed by atoms with Gasteiger partial charge in [0.15, 0.2) is 0 Å². The summed E-state index contributed by atoms with van der Waals surface area (Å²) in [6.07, 6.45) is 5.46. The standard InChI is InChI=1S/C39H25N5S/c1-2-9-29(10-3-1)43-32-12-5-4-11-30(32)36-37-33(25-31(38(36)43)26-15-17-27(18-16-26)34-13-8-24-45-34)44(35-14-6-7-21-41-35)39(42-37)28-19-22-40-23-20-28/h1-25H. The maximum Gasteiger partial charge on any atom is 0.147 e. The van der Waals surface area contributed by atoms with Crippen LogP contribution in [0.4, 0.5) is 0 Å². The highest BCUT2D eigenvalue weighted by Crippen LogP contribution is 2.44. The Kier molecular flexibility index (Phi) is 5.92. The number of nitrogens with zero attached hydrogens (tertiary/aromatic N) is 5. The van der Waals surface area contributed by atoms with Crippen LogP contribution >= 0.6 is 11.3 Å². The Hall–Kier alpha value is -5.85. The van der Waals surface area contributed by atoms with E-state index in [9.17, 15) is 0 Å². The first-order valence-electron chi connectivity index (χ1n) is 14.9. The van der Waals surface area contributed by atoms with Crippen molar-refractivity contribution in [2.75, 3.05) is 0 Å². The van der Waals surface area contributed by atoms with Crippen LogP contribution in [0, 0.1) is 0 Å². The molecular formula is C39H25N5S. The van der Waals surface area contributed by atoms with Crippen molar-refractivity contribution in [3.63, 3.8) is 0 Å². The zero-order valence-corrected chi connectivity index (χ0v) is 24.9. The number of hydrogen-bond acceptors (Lipinski definition) is 4. The molecule has 5 heterocycles. The summed E-state index contributed by atoms with van der Waals surface area (Å²) in [4.78, 5) is 15.7. The summed E-state index contributed by atoms with van der Waals surface area (Å²) in [6.45, 7) is 0. The lowest BCUT2D eigenvalue weighted by molar-refractivity contribution is 1.03. The summed E-state index contributed by atoms with van der Waals surface area (Å²) in [5.41, 5.74) is 9.79. The first-order valence-corrected chi connectivity index (χ1v) is 15.7. The molecular weight excluding hydrogens is 571 g/mol. The maximum absolute atomic E-state index is 5.41. The quantitative estimate of drug-likeness (QED) is 0.199. The molecule has 0 aliphatic heterocycles. The van der Waals surface area contributed by atoms with E-state index in [2.05, 4.69) is 117 Å². The van der Waals surface area contributed by atoms with E-state index in [-0.39, 0.29) is 0 Å². The van der Waals surface area contributed by atoms with Crippen molar-refractivity contribution >= 4 is 44.2 Å². The molecule has 9 aromatic rings. The molecule has 0 unspecified atom stereocenters. The number of imidazole rings is 1. The molecule has 4 aromatic carbocycles. The van der Waals surface area contributed by atoms with Gasteiger partial charge in [0.1, 0.15) is 11.6 Å². The second-order valence-electron chi connectivity index (χ2n) is 11.0. The summed E-state index contributed by atoms with van der Waals surface area (Å²) in [5.74, 6) is 1.64. The molecule has 0 N–H and O–H groups in total. The molecule has 0 saturated heterocycles. The van der Waals surface area contributed by atoms with Gasteiger partial charge in [-0.2, -0.15) is 0 Å². The van der Waals surface area contributed by atoms with Gasteiger partial charge in [-0.1, -0.05) is 72.8 Å². The van der Waals surface area contributed by atoms with Gasteiger partial charge in [-0.25, -0.2) is 9.97 Å². The Morgan fingerprint density at radius 1 is 0.578 bits per heavy atom. The average molecular weight is 596 g/mol. The highest BCUT2D eigenvalue weighted by atomic mass is 32.1. The van der Waals surface area contributed by atoms with E-state index >= 15 is 0 Å². The van der Waals surface area contributed by atoms with E-state index in [0.717, 1.165) is 66.9 Å². The Bertz CT molecular complexity index is 2440. The lowest BCUT2D eigenvalue weighted by Crippen LogP contribution is -2.00. The molecule has 0 saturated carbocycles. The number of rotatable bonds is 5. The predicted octanol–water partition coefficient (Wildman–Crippen LogP) is 9.98. The largest absolute Gasteiger partial charge is 0.309 e. The molecule has 0 fully saturated rings. The Morgan fingerprint density at radius 2 is 1.36 bits per heavy atom. The number of para-hydroxylation sites is 2. The van der Waals surface area contributed by atoms with Gasteiger partial charge in [0, 0.05) is 51.1 Å². The summed E-state index contributed by atoms with van der Waals surface area (Å²) in [5, 5.41) is 4.40. The van der Waals surface area contributed by atoms with Crippen LogP contribution in [-0.2, 0) is 0 Å². The topological polar surface area (TPSA) is 48.5 Å². The Morgan fingerprint density at radius 3 is 2.13 bits per heavy atom. The fourth-order valence-corrected chi connectivity index (χ4v) is 7.16. The van der Waals surface area contributed by atoms with E-state index in [1.54, 1.807) is 11.3 Å². The minimum Gasteiger partial charge on any atom is -0.309 e. The monoisotopic (exact) mass is 595 g/mol.